The van der Waals surface area contributed by atoms with Gasteiger partial charge in [0.25, 0.3) is 0 Å². The third-order valence-electron chi connectivity index (χ3n) is 3.38. The van der Waals surface area contributed by atoms with Crippen LogP contribution in [0.5, 0.6) is 0 Å². The van der Waals surface area contributed by atoms with Gasteiger partial charge in [-0.05, 0) is 24.1 Å². The van der Waals surface area contributed by atoms with E-state index in [1.54, 1.807) is 0 Å². The first-order valence-corrected chi connectivity index (χ1v) is 6.94. The van der Waals surface area contributed by atoms with Crippen LogP contribution in [0.2, 0.25) is 0 Å². The van der Waals surface area contributed by atoms with Gasteiger partial charge >= 0.3 is 0 Å². The molecule has 0 heterocycles. The second-order valence-electron chi connectivity index (χ2n) is 4.97. The Morgan fingerprint density at radius 1 is 1.10 bits per heavy atom. The van der Waals surface area contributed by atoms with E-state index in [2.05, 4.69) is 42.2 Å². The van der Waals surface area contributed by atoms with E-state index in [1.807, 2.05) is 18.2 Å². The molecule has 2 aromatic rings. The van der Waals surface area contributed by atoms with Gasteiger partial charge < -0.3 is 15.7 Å². The number of anilines is 1. The van der Waals surface area contributed by atoms with Crippen molar-refractivity contribution in [1.29, 1.82) is 0 Å². The van der Waals surface area contributed by atoms with Gasteiger partial charge in [0.05, 0.1) is 6.61 Å². The zero-order chi connectivity index (χ0) is 14.4. The molecule has 0 atom stereocenters. The maximum absolute atomic E-state index is 9.32. The van der Waals surface area contributed by atoms with Gasteiger partial charge in [-0.3, -0.25) is 0 Å². The Labute approximate surface area is 120 Å². The van der Waals surface area contributed by atoms with Crippen LogP contribution in [0.4, 0.5) is 5.69 Å². The largest absolute Gasteiger partial charge is 0.395 e. The molecule has 0 aromatic heterocycles. The number of aliphatic hydroxyl groups is 1. The van der Waals surface area contributed by atoms with Crippen LogP contribution in [0.3, 0.4) is 0 Å². The van der Waals surface area contributed by atoms with Crippen LogP contribution in [0.25, 0.3) is 0 Å². The van der Waals surface area contributed by atoms with Crippen LogP contribution in [0.15, 0.2) is 48.5 Å². The number of hydrogen-bond donors (Lipinski definition) is 2. The lowest BCUT2D eigenvalue weighted by Crippen LogP contribution is -2.27. The topological polar surface area (TPSA) is 49.5 Å². The molecule has 0 spiro atoms. The molecule has 0 saturated heterocycles. The van der Waals surface area contributed by atoms with Gasteiger partial charge in [-0.15, -0.1) is 0 Å². The maximum Gasteiger partial charge on any atom is 0.0606 e. The minimum Gasteiger partial charge on any atom is -0.395 e. The Morgan fingerprint density at radius 3 is 2.50 bits per heavy atom. The van der Waals surface area contributed by atoms with Crippen LogP contribution in [-0.2, 0) is 13.1 Å². The number of aryl methyl sites for hydroxylation is 1. The molecule has 0 fully saturated rings. The Balaban J connectivity index is 2.28. The zero-order valence-corrected chi connectivity index (χ0v) is 11.9. The molecule has 0 bridgehead atoms. The molecule has 0 amide bonds. The first-order chi connectivity index (χ1) is 9.74. The van der Waals surface area contributed by atoms with E-state index in [9.17, 15) is 5.11 Å². The molecule has 20 heavy (non-hydrogen) atoms. The van der Waals surface area contributed by atoms with Crippen molar-refractivity contribution in [2.75, 3.05) is 18.1 Å². The Hall–Kier alpha value is -1.84. The fourth-order valence-electron chi connectivity index (χ4n) is 2.40. The third kappa shape index (κ3) is 3.59. The van der Waals surface area contributed by atoms with E-state index in [1.165, 1.54) is 11.1 Å². The molecule has 0 aliphatic heterocycles. The van der Waals surface area contributed by atoms with Gasteiger partial charge in [-0.2, -0.15) is 0 Å². The van der Waals surface area contributed by atoms with Gasteiger partial charge in [0.15, 0.2) is 0 Å². The predicted molar refractivity (Wildman–Crippen MR) is 83.6 cm³/mol. The van der Waals surface area contributed by atoms with E-state index < -0.39 is 0 Å². The first kappa shape index (κ1) is 14.6. The number of nitrogens with zero attached hydrogens (tertiary/aromatic N) is 1. The second-order valence-corrected chi connectivity index (χ2v) is 4.97. The summed E-state index contributed by atoms with van der Waals surface area (Å²) in [7, 11) is 0. The van der Waals surface area contributed by atoms with E-state index >= 15 is 0 Å². The summed E-state index contributed by atoms with van der Waals surface area (Å²) in [6, 6.07) is 16.6. The van der Waals surface area contributed by atoms with Crippen LogP contribution >= 0.6 is 0 Å². The number of nitrogens with two attached hydrogens (primary N) is 1. The lowest BCUT2D eigenvalue weighted by Gasteiger charge is -2.26. The molecule has 106 valence electrons. The summed E-state index contributed by atoms with van der Waals surface area (Å²) < 4.78 is 0. The summed E-state index contributed by atoms with van der Waals surface area (Å²) in [5.41, 5.74) is 10.5. The minimum absolute atomic E-state index is 0.130. The average molecular weight is 270 g/mol. The van der Waals surface area contributed by atoms with Crippen molar-refractivity contribution in [3.8, 4) is 0 Å². The SMILES string of the molecule is Cc1ccc(N(CCO)Cc2ccccc2)c(CN)c1. The maximum atomic E-state index is 9.32. The molecule has 0 aliphatic carbocycles. The van der Waals surface area contributed by atoms with E-state index in [4.69, 9.17) is 5.73 Å². The minimum atomic E-state index is 0.130. The molecule has 3 heteroatoms. The molecule has 3 nitrogen and oxygen atoms in total. The van der Waals surface area contributed by atoms with Crippen LogP contribution < -0.4 is 10.6 Å². The smallest absolute Gasteiger partial charge is 0.0606 e. The van der Waals surface area contributed by atoms with E-state index in [0.717, 1.165) is 17.8 Å². The summed E-state index contributed by atoms with van der Waals surface area (Å²) in [6.07, 6.45) is 0. The molecule has 0 radical (unpaired) electrons. The summed E-state index contributed by atoms with van der Waals surface area (Å²) in [6.45, 7) is 4.08. The Morgan fingerprint density at radius 2 is 1.85 bits per heavy atom. The fourth-order valence-corrected chi connectivity index (χ4v) is 2.40. The molecule has 0 aliphatic rings. The van der Waals surface area contributed by atoms with Crippen LogP contribution in [-0.4, -0.2) is 18.3 Å². The van der Waals surface area contributed by atoms with E-state index in [0.29, 0.717) is 13.1 Å². The number of hydrogen-bond acceptors (Lipinski definition) is 3. The highest BCUT2D eigenvalue weighted by Crippen LogP contribution is 2.23. The standard InChI is InChI=1S/C17H22N2O/c1-14-7-8-17(16(11-14)12-18)19(9-10-20)13-15-5-3-2-4-6-15/h2-8,11,20H,9-10,12-13,18H2,1H3. The normalized spacial score (nSPS) is 10.6. The fraction of sp³-hybridized carbons (Fsp3) is 0.294. The number of aliphatic hydroxyl groups excluding tert-OH is 1. The predicted octanol–water partition coefficient (Wildman–Crippen LogP) is 2.45. The van der Waals surface area contributed by atoms with Crippen molar-refractivity contribution in [3.63, 3.8) is 0 Å². The highest BCUT2D eigenvalue weighted by atomic mass is 16.3. The molecule has 3 N–H and O–H groups in total. The van der Waals surface area contributed by atoms with Crippen molar-refractivity contribution in [3.05, 3.63) is 65.2 Å². The number of rotatable bonds is 6. The monoisotopic (exact) mass is 270 g/mol. The molecule has 2 aromatic carbocycles. The molecular weight excluding hydrogens is 248 g/mol. The summed E-state index contributed by atoms with van der Waals surface area (Å²) in [5.74, 6) is 0. The Kier molecular flexibility index (Phi) is 5.16. The molecular formula is C17H22N2O. The highest BCUT2D eigenvalue weighted by molar-refractivity contribution is 5.55. The van der Waals surface area contributed by atoms with Crippen molar-refractivity contribution < 1.29 is 5.11 Å². The van der Waals surface area contributed by atoms with Gasteiger partial charge in [0.1, 0.15) is 0 Å². The van der Waals surface area contributed by atoms with Crippen molar-refractivity contribution in [1.82, 2.24) is 0 Å². The summed E-state index contributed by atoms with van der Waals surface area (Å²) >= 11 is 0. The lowest BCUT2D eigenvalue weighted by molar-refractivity contribution is 0.301. The summed E-state index contributed by atoms with van der Waals surface area (Å²) in [4.78, 5) is 2.18. The molecule has 0 saturated carbocycles. The highest BCUT2D eigenvalue weighted by Gasteiger charge is 2.11. The van der Waals surface area contributed by atoms with Gasteiger partial charge in [0.2, 0.25) is 0 Å². The van der Waals surface area contributed by atoms with Crippen molar-refractivity contribution in [2.45, 2.75) is 20.0 Å². The van der Waals surface area contributed by atoms with Crippen LogP contribution in [0, 0.1) is 6.92 Å². The van der Waals surface area contributed by atoms with Gasteiger partial charge in [-0.1, -0.05) is 48.0 Å². The molecule has 0 unspecified atom stereocenters. The summed E-state index contributed by atoms with van der Waals surface area (Å²) in [5, 5.41) is 9.32. The van der Waals surface area contributed by atoms with Crippen molar-refractivity contribution in [2.24, 2.45) is 5.73 Å². The first-order valence-electron chi connectivity index (χ1n) is 6.94. The van der Waals surface area contributed by atoms with Gasteiger partial charge in [0, 0.05) is 25.3 Å². The van der Waals surface area contributed by atoms with E-state index in [-0.39, 0.29) is 6.61 Å². The average Bonchev–Trinajstić information content (AvgIpc) is 2.48. The van der Waals surface area contributed by atoms with Gasteiger partial charge in [-0.25, -0.2) is 0 Å². The lowest BCUT2D eigenvalue weighted by atomic mass is 10.1. The quantitative estimate of drug-likeness (QED) is 0.847. The zero-order valence-electron chi connectivity index (χ0n) is 11.9. The third-order valence-corrected chi connectivity index (χ3v) is 3.38. The molecule has 2 rings (SSSR count). The van der Waals surface area contributed by atoms with Crippen LogP contribution in [0.1, 0.15) is 16.7 Å². The Bertz CT molecular complexity index is 540. The van der Waals surface area contributed by atoms with Crippen molar-refractivity contribution >= 4 is 5.69 Å². The second kappa shape index (κ2) is 7.08. The number of benzene rings is 2.